The second-order valence-corrected chi connectivity index (χ2v) is 7.18. The molecule has 9 nitrogen and oxygen atoms in total. The van der Waals surface area contributed by atoms with E-state index >= 15 is 0 Å². The minimum Gasteiger partial charge on any atom is -0.444 e. The monoisotopic (exact) mass is 423 g/mol. The van der Waals surface area contributed by atoms with Gasteiger partial charge in [0, 0.05) is 6.20 Å². The number of hydrogen-bond acceptors (Lipinski definition) is 8. The summed E-state index contributed by atoms with van der Waals surface area (Å²) in [5.74, 6) is 6.48. The number of aromatic nitrogens is 1. The van der Waals surface area contributed by atoms with Crippen LogP contribution in [-0.2, 0) is 4.74 Å². The number of allylic oxidation sites excluding steroid dienone is 1. The first-order valence-electron chi connectivity index (χ1n) is 10.4. The molecule has 1 aromatic heterocycles. The Morgan fingerprint density at radius 1 is 1.30 bits per heavy atom. The second-order valence-electron chi connectivity index (χ2n) is 7.18. The van der Waals surface area contributed by atoms with Gasteiger partial charge in [0.05, 0.1) is 17.4 Å². The van der Waals surface area contributed by atoms with Crippen LogP contribution >= 0.6 is 0 Å². The number of hydrazine groups is 1. The van der Waals surface area contributed by atoms with Crippen molar-refractivity contribution in [3.05, 3.63) is 29.7 Å². The average Bonchev–Trinajstić information content (AvgIpc) is 2.71. The lowest BCUT2D eigenvalue weighted by Gasteiger charge is -2.32. The van der Waals surface area contributed by atoms with Crippen LogP contribution in [0.25, 0.3) is 0 Å². The molecule has 0 aromatic carbocycles. The number of carbonyl (C=O) groups excluding carboxylic acids is 1. The van der Waals surface area contributed by atoms with Gasteiger partial charge < -0.3 is 25.8 Å². The molecular formula is C20H38BN5O4. The quantitative estimate of drug-likeness (QED) is 0.280. The minimum absolute atomic E-state index is 0.267. The zero-order valence-electron chi connectivity index (χ0n) is 19.3. The number of nitrogens with one attached hydrogen (secondary N) is 1. The summed E-state index contributed by atoms with van der Waals surface area (Å²) in [5, 5.41) is 22.7. The molecule has 0 spiro atoms. The van der Waals surface area contributed by atoms with E-state index in [0.717, 1.165) is 6.42 Å². The maximum Gasteiger partial charge on any atom is 0.488 e. The highest BCUT2D eigenvalue weighted by Gasteiger charge is 2.28. The molecule has 0 saturated carbocycles. The maximum absolute atomic E-state index is 12.0. The summed E-state index contributed by atoms with van der Waals surface area (Å²) in [4.78, 5) is 16.2. The molecule has 1 amide bonds. The molecule has 0 aliphatic heterocycles. The van der Waals surface area contributed by atoms with Crippen LogP contribution in [-0.4, -0.2) is 39.9 Å². The molecule has 1 aromatic rings. The number of nitrogens with zero attached hydrogens (tertiary/aromatic N) is 2. The number of hydrogen-bond donors (Lipinski definition) is 5. The summed E-state index contributed by atoms with van der Waals surface area (Å²) in [6.07, 6.45) is 2.94. The molecule has 1 aliphatic carbocycles. The molecule has 1 heterocycles. The maximum atomic E-state index is 12.0. The number of anilines is 1. The predicted octanol–water partition coefficient (Wildman–Crippen LogP) is 1.74. The van der Waals surface area contributed by atoms with E-state index < -0.39 is 24.9 Å². The first-order chi connectivity index (χ1) is 14.1. The first-order valence-corrected chi connectivity index (χ1v) is 10.4. The zero-order valence-corrected chi connectivity index (χ0v) is 19.3. The summed E-state index contributed by atoms with van der Waals surface area (Å²) >= 11 is 0. The molecule has 0 saturated heterocycles. The molecule has 1 aliphatic rings. The van der Waals surface area contributed by atoms with Gasteiger partial charge in [-0.1, -0.05) is 27.7 Å². The highest BCUT2D eigenvalue weighted by atomic mass is 16.6. The normalized spacial score (nSPS) is 15.7. The third-order valence-electron chi connectivity index (χ3n) is 3.91. The number of carbonyl (C=O) groups is 1. The third-order valence-corrected chi connectivity index (χ3v) is 3.91. The Hall–Kier alpha value is -2.30. The summed E-state index contributed by atoms with van der Waals surface area (Å²) in [6, 6.07) is 2.55. The van der Waals surface area contributed by atoms with Gasteiger partial charge in [0.15, 0.2) is 0 Å². The number of pyridine rings is 1. The Balaban J connectivity index is 0.00000198. The van der Waals surface area contributed by atoms with Crippen molar-refractivity contribution in [2.75, 3.05) is 5.01 Å². The van der Waals surface area contributed by atoms with Crippen molar-refractivity contribution in [3.8, 4) is 0 Å². The SMILES string of the molecule is CC.CC.CC(C)(C)OC(=O)NC1CCCC(N(N)c2cc(B(O)O)ccn2)=C1N. The van der Waals surface area contributed by atoms with E-state index in [1.807, 2.05) is 27.7 Å². The van der Waals surface area contributed by atoms with Gasteiger partial charge >= 0.3 is 13.2 Å². The number of nitrogens with two attached hydrogens (primary N) is 2. The van der Waals surface area contributed by atoms with Gasteiger partial charge in [0.2, 0.25) is 0 Å². The van der Waals surface area contributed by atoms with Crippen LogP contribution in [0, 0.1) is 0 Å². The zero-order chi connectivity index (χ0) is 23.5. The fourth-order valence-electron chi connectivity index (χ4n) is 2.70. The first kappa shape index (κ1) is 27.7. The number of amides is 1. The smallest absolute Gasteiger partial charge is 0.444 e. The lowest BCUT2D eigenvalue weighted by molar-refractivity contribution is 0.0507. The van der Waals surface area contributed by atoms with Crippen LogP contribution in [0.15, 0.2) is 29.7 Å². The molecule has 170 valence electrons. The van der Waals surface area contributed by atoms with Crippen molar-refractivity contribution < 1.29 is 19.6 Å². The van der Waals surface area contributed by atoms with Crippen molar-refractivity contribution in [3.63, 3.8) is 0 Å². The summed E-state index contributed by atoms with van der Waals surface area (Å²) in [5.41, 5.74) is 6.95. The van der Waals surface area contributed by atoms with Crippen molar-refractivity contribution in [2.45, 2.75) is 79.4 Å². The Bertz CT molecular complexity index is 692. The van der Waals surface area contributed by atoms with Gasteiger partial charge in [-0.2, -0.15) is 0 Å². The molecule has 1 unspecified atom stereocenters. The minimum atomic E-state index is -1.62. The molecule has 0 radical (unpaired) electrons. The molecule has 7 N–H and O–H groups in total. The Labute approximate surface area is 180 Å². The van der Waals surface area contributed by atoms with E-state index in [4.69, 9.17) is 16.3 Å². The van der Waals surface area contributed by atoms with E-state index in [1.165, 1.54) is 23.3 Å². The lowest BCUT2D eigenvalue weighted by atomic mass is 9.81. The van der Waals surface area contributed by atoms with Gasteiger partial charge in [0.1, 0.15) is 11.4 Å². The highest BCUT2D eigenvalue weighted by Crippen LogP contribution is 2.26. The van der Waals surface area contributed by atoms with Crippen LogP contribution in [0.3, 0.4) is 0 Å². The molecule has 0 bridgehead atoms. The molecule has 2 rings (SSSR count). The van der Waals surface area contributed by atoms with Gasteiger partial charge in [-0.15, -0.1) is 0 Å². The van der Waals surface area contributed by atoms with Gasteiger partial charge in [-0.05, 0) is 57.6 Å². The van der Waals surface area contributed by atoms with E-state index in [0.29, 0.717) is 30.1 Å². The largest absolute Gasteiger partial charge is 0.488 e. The standard InChI is InChI=1S/C16H26BN5O4.2C2H6/c1-16(2,3)26-15(23)21-11-5-4-6-12(14(11)18)22(19)13-9-10(17(24)25)7-8-20-13;2*1-2/h7-9,11,24-25H,4-6,18-19H2,1-3H3,(H,21,23);2*1-2H3. The molecule has 30 heavy (non-hydrogen) atoms. The van der Waals surface area contributed by atoms with Crippen LogP contribution in [0.5, 0.6) is 0 Å². The molecule has 0 fully saturated rings. The van der Waals surface area contributed by atoms with Gasteiger partial charge in [-0.3, -0.25) is 5.01 Å². The highest BCUT2D eigenvalue weighted by molar-refractivity contribution is 6.58. The van der Waals surface area contributed by atoms with Crippen LogP contribution in [0.2, 0.25) is 0 Å². The van der Waals surface area contributed by atoms with E-state index in [9.17, 15) is 14.8 Å². The van der Waals surface area contributed by atoms with E-state index in [1.54, 1.807) is 20.8 Å². The van der Waals surface area contributed by atoms with Crippen molar-refractivity contribution in [2.24, 2.45) is 11.6 Å². The van der Waals surface area contributed by atoms with Crippen LogP contribution in [0.1, 0.15) is 67.7 Å². The lowest BCUT2D eigenvalue weighted by Crippen LogP contribution is -2.46. The Morgan fingerprint density at radius 2 is 1.90 bits per heavy atom. The Morgan fingerprint density at radius 3 is 2.43 bits per heavy atom. The number of ether oxygens (including phenoxy) is 1. The topological polar surface area (TPSA) is 147 Å². The second kappa shape index (κ2) is 13.1. The van der Waals surface area contributed by atoms with Crippen LogP contribution in [0.4, 0.5) is 10.6 Å². The van der Waals surface area contributed by atoms with Crippen molar-refractivity contribution in [1.29, 1.82) is 0 Å². The van der Waals surface area contributed by atoms with Crippen molar-refractivity contribution >= 4 is 24.5 Å². The summed E-state index contributed by atoms with van der Waals surface area (Å²) in [6.45, 7) is 13.4. The summed E-state index contributed by atoms with van der Waals surface area (Å²) < 4.78 is 5.27. The van der Waals surface area contributed by atoms with Crippen molar-refractivity contribution in [1.82, 2.24) is 10.3 Å². The molecule has 1 atom stereocenters. The number of alkyl carbamates (subject to hydrolysis) is 1. The Kier molecular flexibility index (Phi) is 12.1. The van der Waals surface area contributed by atoms with Gasteiger partial charge in [-0.25, -0.2) is 15.6 Å². The molecule has 10 heteroatoms. The fourth-order valence-corrected chi connectivity index (χ4v) is 2.70. The van der Waals surface area contributed by atoms with Gasteiger partial charge in [0.25, 0.3) is 0 Å². The predicted molar refractivity (Wildman–Crippen MR) is 122 cm³/mol. The van der Waals surface area contributed by atoms with E-state index in [-0.39, 0.29) is 5.46 Å². The average molecular weight is 423 g/mol. The fraction of sp³-hybridized carbons (Fsp3) is 0.600. The number of rotatable bonds is 4. The van der Waals surface area contributed by atoms with Crippen LogP contribution < -0.4 is 27.4 Å². The summed E-state index contributed by atoms with van der Waals surface area (Å²) in [7, 11) is -1.62. The molecular weight excluding hydrogens is 385 g/mol. The van der Waals surface area contributed by atoms with E-state index in [2.05, 4.69) is 10.3 Å². The third kappa shape index (κ3) is 8.60.